The van der Waals surface area contributed by atoms with Crippen molar-refractivity contribution in [1.29, 1.82) is 0 Å². The largest absolute Gasteiger partial charge is 0.344 e. The second-order valence-corrected chi connectivity index (χ2v) is 10.0. The van der Waals surface area contributed by atoms with Crippen LogP contribution in [-0.4, -0.2) is 66.0 Å². The highest BCUT2D eigenvalue weighted by molar-refractivity contribution is 8.01. The molecule has 0 aromatic heterocycles. The summed E-state index contributed by atoms with van der Waals surface area (Å²) >= 11 is 12.7. The number of nitrogens with zero attached hydrogens (tertiary/aromatic N) is 1. The summed E-state index contributed by atoms with van der Waals surface area (Å²) in [7, 11) is -7.19. The van der Waals surface area contributed by atoms with Gasteiger partial charge >= 0.3 is 7.67 Å². The molecule has 21 heavy (non-hydrogen) atoms. The Morgan fingerprint density at radius 1 is 1.38 bits per heavy atom. The fraction of sp³-hybridized carbons (Fsp3) is 1.00. The van der Waals surface area contributed by atoms with Gasteiger partial charge in [-0.1, -0.05) is 0 Å². The highest BCUT2D eigenvalue weighted by Crippen LogP contribution is 2.50. The Kier molecular flexibility index (Phi) is 8.85. The molecule has 1 aliphatic rings. The van der Waals surface area contributed by atoms with Crippen LogP contribution in [0.5, 0.6) is 0 Å². The summed E-state index contributed by atoms with van der Waals surface area (Å²) in [6.45, 7) is 1.05. The van der Waals surface area contributed by atoms with Crippen molar-refractivity contribution in [1.82, 2.24) is 9.76 Å². The first-order chi connectivity index (χ1) is 9.80. The van der Waals surface area contributed by atoms with Crippen LogP contribution in [0.25, 0.3) is 0 Å². The van der Waals surface area contributed by atoms with Gasteiger partial charge in [0.15, 0.2) is 0 Å². The standard InChI is InChI=1S/C9H19Cl2N2O5PS2/c10-2-4-13(5-3-11)19(14)12-9(1-6-18-19)20-7-8-21(15,16)17/h9H,1-8H2,(H,12,14)(H,15,16,17). The molecule has 0 bridgehead atoms. The number of halogens is 2. The maximum Gasteiger partial charge on any atom is 0.344 e. The first-order valence-corrected chi connectivity index (χ1v) is 11.6. The smallest absolute Gasteiger partial charge is 0.306 e. The molecule has 0 spiro atoms. The SMILES string of the molecule is O=P1(N(CCCl)CCCl)NC(SCCS(=O)(=O)O)CCO1. The van der Waals surface area contributed by atoms with Gasteiger partial charge in [-0.15, -0.1) is 35.0 Å². The van der Waals surface area contributed by atoms with Crippen molar-refractivity contribution in [3.05, 3.63) is 0 Å². The average Bonchev–Trinajstić information content (AvgIpc) is 2.37. The zero-order chi connectivity index (χ0) is 15.9. The fourth-order valence-corrected chi connectivity index (χ4v) is 6.81. The minimum Gasteiger partial charge on any atom is -0.306 e. The molecule has 12 heteroatoms. The fourth-order valence-electron chi connectivity index (χ4n) is 1.72. The Hall–Kier alpha value is 0.950. The average molecular weight is 401 g/mol. The maximum atomic E-state index is 12.8. The molecule has 2 N–H and O–H groups in total. The second-order valence-electron chi connectivity index (χ2n) is 4.25. The van der Waals surface area contributed by atoms with E-state index in [1.807, 2.05) is 0 Å². The van der Waals surface area contributed by atoms with Crippen LogP contribution in [0.15, 0.2) is 0 Å². The van der Waals surface area contributed by atoms with Gasteiger partial charge in [0, 0.05) is 30.6 Å². The van der Waals surface area contributed by atoms with Gasteiger partial charge in [0.2, 0.25) is 0 Å². The lowest BCUT2D eigenvalue weighted by molar-refractivity contribution is 0.227. The van der Waals surface area contributed by atoms with Gasteiger partial charge in [-0.05, 0) is 6.42 Å². The van der Waals surface area contributed by atoms with Crippen molar-refractivity contribution < 1.29 is 22.1 Å². The Morgan fingerprint density at radius 2 is 2.00 bits per heavy atom. The topological polar surface area (TPSA) is 95.9 Å². The number of alkyl halides is 2. The third-order valence-electron chi connectivity index (χ3n) is 2.67. The van der Waals surface area contributed by atoms with Gasteiger partial charge in [0.1, 0.15) is 0 Å². The molecule has 1 fully saturated rings. The van der Waals surface area contributed by atoms with E-state index in [2.05, 4.69) is 5.09 Å². The summed E-state index contributed by atoms with van der Waals surface area (Å²) in [6, 6.07) is 0. The molecule has 1 saturated heterocycles. The zero-order valence-corrected chi connectivity index (χ0v) is 15.3. The van der Waals surface area contributed by atoms with Crippen LogP contribution in [0.1, 0.15) is 6.42 Å². The van der Waals surface area contributed by atoms with Crippen LogP contribution >= 0.6 is 42.6 Å². The lowest BCUT2D eigenvalue weighted by Crippen LogP contribution is -2.40. The molecular formula is C9H19Cl2N2O5PS2. The molecule has 0 aromatic rings. The van der Waals surface area contributed by atoms with Crippen LogP contribution in [0.3, 0.4) is 0 Å². The van der Waals surface area contributed by atoms with Gasteiger partial charge in [-0.25, -0.2) is 9.76 Å². The Labute approximate surface area is 139 Å². The number of rotatable bonds is 9. The molecule has 7 nitrogen and oxygen atoms in total. The number of hydrogen-bond acceptors (Lipinski definition) is 5. The van der Waals surface area contributed by atoms with Gasteiger partial charge in [-0.2, -0.15) is 8.42 Å². The van der Waals surface area contributed by atoms with Crippen LogP contribution < -0.4 is 5.09 Å². The molecular weight excluding hydrogens is 382 g/mol. The summed E-state index contributed by atoms with van der Waals surface area (Å²) in [5.74, 6) is 0.467. The molecule has 0 saturated carbocycles. The molecule has 2 unspecified atom stereocenters. The minimum absolute atomic E-state index is 0.209. The van der Waals surface area contributed by atoms with Crippen LogP contribution in [-0.2, 0) is 19.2 Å². The van der Waals surface area contributed by atoms with Crippen molar-refractivity contribution in [2.75, 3.05) is 43.0 Å². The van der Waals surface area contributed by atoms with Gasteiger partial charge < -0.3 is 4.52 Å². The summed E-state index contributed by atoms with van der Waals surface area (Å²) in [4.78, 5) is 0. The van der Waals surface area contributed by atoms with E-state index < -0.39 is 17.8 Å². The highest BCUT2D eigenvalue weighted by Gasteiger charge is 2.37. The van der Waals surface area contributed by atoms with Crippen molar-refractivity contribution in [3.63, 3.8) is 0 Å². The minimum atomic E-state index is -3.98. The zero-order valence-electron chi connectivity index (χ0n) is 11.3. The maximum absolute atomic E-state index is 12.8. The highest BCUT2D eigenvalue weighted by atomic mass is 35.5. The van der Waals surface area contributed by atoms with E-state index in [-0.39, 0.29) is 16.9 Å². The molecule has 1 aliphatic heterocycles. The molecule has 2 atom stereocenters. The van der Waals surface area contributed by atoms with Crippen LogP contribution in [0.2, 0.25) is 0 Å². The monoisotopic (exact) mass is 400 g/mol. The van der Waals surface area contributed by atoms with E-state index in [0.29, 0.717) is 37.9 Å². The van der Waals surface area contributed by atoms with E-state index in [1.54, 1.807) is 4.67 Å². The molecule has 126 valence electrons. The van der Waals surface area contributed by atoms with Crippen molar-refractivity contribution in [2.45, 2.75) is 11.8 Å². The molecule has 0 amide bonds. The first kappa shape index (κ1) is 20.0. The van der Waals surface area contributed by atoms with Crippen molar-refractivity contribution in [3.8, 4) is 0 Å². The van der Waals surface area contributed by atoms with E-state index >= 15 is 0 Å². The van der Waals surface area contributed by atoms with Crippen LogP contribution in [0.4, 0.5) is 0 Å². The van der Waals surface area contributed by atoms with Crippen molar-refractivity contribution >= 4 is 52.8 Å². The molecule has 0 aromatic carbocycles. The molecule has 0 aliphatic carbocycles. The Morgan fingerprint density at radius 3 is 2.52 bits per heavy atom. The summed E-state index contributed by atoms with van der Waals surface area (Å²) < 4.78 is 49.8. The second kappa shape index (κ2) is 9.30. The lowest BCUT2D eigenvalue weighted by Gasteiger charge is -2.36. The van der Waals surface area contributed by atoms with Crippen LogP contribution in [0, 0.1) is 0 Å². The third kappa shape index (κ3) is 7.37. The number of hydrogen-bond donors (Lipinski definition) is 2. The number of thioether (sulfide) groups is 1. The van der Waals surface area contributed by atoms with E-state index in [4.69, 9.17) is 32.3 Å². The summed E-state index contributed by atoms with van der Waals surface area (Å²) in [6.07, 6.45) is 0.593. The van der Waals surface area contributed by atoms with E-state index in [1.165, 1.54) is 11.8 Å². The summed E-state index contributed by atoms with van der Waals surface area (Å²) in [5.41, 5.74) is 0. The van der Waals surface area contributed by atoms with E-state index in [9.17, 15) is 13.0 Å². The predicted molar refractivity (Wildman–Crippen MR) is 87.0 cm³/mol. The predicted octanol–water partition coefficient (Wildman–Crippen LogP) is 1.83. The first-order valence-electron chi connectivity index (χ1n) is 6.27. The third-order valence-corrected chi connectivity index (χ3v) is 7.67. The van der Waals surface area contributed by atoms with E-state index in [0.717, 1.165) is 0 Å². The van der Waals surface area contributed by atoms with Gasteiger partial charge in [0.05, 0.1) is 17.7 Å². The van der Waals surface area contributed by atoms with Crippen molar-refractivity contribution in [2.24, 2.45) is 0 Å². The lowest BCUT2D eigenvalue weighted by atomic mass is 10.5. The van der Waals surface area contributed by atoms with Gasteiger partial charge in [-0.3, -0.25) is 9.12 Å². The normalized spacial score (nSPS) is 27.1. The summed E-state index contributed by atoms with van der Waals surface area (Å²) in [5, 5.41) is 2.71. The molecule has 1 rings (SSSR count). The Bertz CT molecular complexity index is 461. The number of nitrogens with one attached hydrogen (secondary N) is 1. The molecule has 0 radical (unpaired) electrons. The Balaban J connectivity index is 2.58. The quantitative estimate of drug-likeness (QED) is 0.343. The van der Waals surface area contributed by atoms with Gasteiger partial charge in [0.25, 0.3) is 10.1 Å². The molecule has 1 heterocycles.